The molecule has 0 aliphatic heterocycles. The zero-order valence-corrected chi connectivity index (χ0v) is 7.97. The van der Waals surface area contributed by atoms with Crippen molar-refractivity contribution >= 4 is 22.6 Å². The SMILES string of the molecule is FC(F)n1ncc(I)c1C(F)(F)F. The van der Waals surface area contributed by atoms with E-state index in [0.717, 1.165) is 6.20 Å². The van der Waals surface area contributed by atoms with Gasteiger partial charge in [0, 0.05) is 0 Å². The summed E-state index contributed by atoms with van der Waals surface area (Å²) in [5, 5.41) is 2.92. The molecule has 0 aromatic carbocycles. The molecule has 1 rings (SSSR count). The maximum Gasteiger partial charge on any atom is 0.434 e. The summed E-state index contributed by atoms with van der Waals surface area (Å²) in [6.07, 6.45) is -4.06. The van der Waals surface area contributed by atoms with E-state index in [2.05, 4.69) is 5.10 Å². The van der Waals surface area contributed by atoms with Crippen LogP contribution in [0.1, 0.15) is 12.2 Å². The molecule has 0 amide bonds. The van der Waals surface area contributed by atoms with Crippen LogP contribution in [0.2, 0.25) is 0 Å². The molecular weight excluding hydrogens is 310 g/mol. The van der Waals surface area contributed by atoms with E-state index < -0.39 is 18.4 Å². The average Bonchev–Trinajstić information content (AvgIpc) is 2.28. The van der Waals surface area contributed by atoms with Crippen molar-refractivity contribution in [3.05, 3.63) is 15.5 Å². The first-order chi connectivity index (χ1) is 5.84. The maximum atomic E-state index is 12.1. The lowest BCUT2D eigenvalue weighted by molar-refractivity contribution is -0.150. The number of aromatic nitrogens is 2. The van der Waals surface area contributed by atoms with Gasteiger partial charge in [-0.2, -0.15) is 31.7 Å². The molecule has 2 nitrogen and oxygen atoms in total. The predicted molar refractivity (Wildman–Crippen MR) is 41.2 cm³/mol. The Balaban J connectivity index is 3.25. The highest BCUT2D eigenvalue weighted by Gasteiger charge is 2.39. The fraction of sp³-hybridized carbons (Fsp3) is 0.400. The van der Waals surface area contributed by atoms with Gasteiger partial charge in [0.1, 0.15) is 0 Å². The van der Waals surface area contributed by atoms with Gasteiger partial charge in [-0.15, -0.1) is 0 Å². The van der Waals surface area contributed by atoms with Gasteiger partial charge in [-0.25, -0.2) is 0 Å². The van der Waals surface area contributed by atoms with E-state index >= 15 is 0 Å². The molecule has 0 bridgehead atoms. The van der Waals surface area contributed by atoms with Gasteiger partial charge >= 0.3 is 12.7 Å². The number of halogens is 6. The number of nitrogens with zero attached hydrogens (tertiary/aromatic N) is 2. The normalized spacial score (nSPS) is 12.5. The summed E-state index contributed by atoms with van der Waals surface area (Å²) < 4.78 is 59.6. The van der Waals surface area contributed by atoms with Gasteiger partial charge in [-0.1, -0.05) is 0 Å². The van der Waals surface area contributed by atoms with Crippen molar-refractivity contribution in [3.63, 3.8) is 0 Å². The third kappa shape index (κ3) is 2.09. The molecule has 1 heterocycles. The minimum absolute atomic E-state index is 0.342. The van der Waals surface area contributed by atoms with Crippen molar-refractivity contribution in [1.82, 2.24) is 9.78 Å². The topological polar surface area (TPSA) is 17.8 Å². The van der Waals surface area contributed by atoms with E-state index in [1.807, 2.05) is 0 Å². The Hall–Kier alpha value is -0.410. The molecular formula is C5H2F5IN2. The van der Waals surface area contributed by atoms with Crippen LogP contribution in [-0.2, 0) is 6.18 Å². The van der Waals surface area contributed by atoms with Crippen LogP contribution < -0.4 is 0 Å². The largest absolute Gasteiger partial charge is 0.434 e. The highest BCUT2D eigenvalue weighted by Crippen LogP contribution is 2.34. The Morgan fingerprint density at radius 1 is 1.38 bits per heavy atom. The minimum Gasteiger partial charge on any atom is -0.198 e. The first-order valence-corrected chi connectivity index (χ1v) is 4.00. The van der Waals surface area contributed by atoms with Crippen LogP contribution in [0, 0.1) is 3.57 Å². The fourth-order valence-electron chi connectivity index (χ4n) is 0.754. The molecule has 0 fully saturated rings. The van der Waals surface area contributed by atoms with Crippen LogP contribution in [0.5, 0.6) is 0 Å². The average molecular weight is 312 g/mol. The second kappa shape index (κ2) is 3.39. The van der Waals surface area contributed by atoms with Crippen molar-refractivity contribution < 1.29 is 22.0 Å². The molecule has 13 heavy (non-hydrogen) atoms. The van der Waals surface area contributed by atoms with Crippen LogP contribution in [0.4, 0.5) is 22.0 Å². The second-order valence-electron chi connectivity index (χ2n) is 2.06. The van der Waals surface area contributed by atoms with Crippen molar-refractivity contribution in [1.29, 1.82) is 0 Å². The molecule has 1 aromatic rings. The predicted octanol–water partition coefficient (Wildman–Crippen LogP) is 2.90. The summed E-state index contributed by atoms with van der Waals surface area (Å²) in [5.74, 6) is 0. The Bertz CT molecular complexity index is 304. The monoisotopic (exact) mass is 312 g/mol. The van der Waals surface area contributed by atoms with Crippen LogP contribution >= 0.6 is 22.6 Å². The molecule has 0 radical (unpaired) electrons. The van der Waals surface area contributed by atoms with Gasteiger partial charge in [0.15, 0.2) is 5.69 Å². The lowest BCUT2D eigenvalue weighted by atomic mass is 10.4. The summed E-state index contributed by atoms with van der Waals surface area (Å²) >= 11 is 1.30. The Morgan fingerprint density at radius 2 is 1.92 bits per heavy atom. The van der Waals surface area contributed by atoms with Gasteiger partial charge in [-0.05, 0) is 22.6 Å². The summed E-state index contributed by atoms with van der Waals surface area (Å²) in [6, 6.07) is 0. The van der Waals surface area contributed by atoms with Gasteiger partial charge in [0.25, 0.3) is 0 Å². The van der Waals surface area contributed by atoms with Crippen molar-refractivity contribution in [2.75, 3.05) is 0 Å². The lowest BCUT2D eigenvalue weighted by Gasteiger charge is -2.09. The van der Waals surface area contributed by atoms with Crippen molar-refractivity contribution in [2.45, 2.75) is 12.7 Å². The minimum atomic E-state index is -4.80. The Morgan fingerprint density at radius 3 is 2.23 bits per heavy atom. The molecule has 0 unspecified atom stereocenters. The summed E-state index contributed by atoms with van der Waals surface area (Å²) in [5.41, 5.74) is -1.41. The van der Waals surface area contributed by atoms with E-state index in [4.69, 9.17) is 0 Å². The lowest BCUT2D eigenvalue weighted by Crippen LogP contribution is -2.16. The third-order valence-electron chi connectivity index (χ3n) is 1.20. The van der Waals surface area contributed by atoms with Crippen molar-refractivity contribution in [3.8, 4) is 0 Å². The highest BCUT2D eigenvalue weighted by atomic mass is 127. The number of alkyl halides is 5. The zero-order valence-electron chi connectivity index (χ0n) is 5.82. The second-order valence-corrected chi connectivity index (χ2v) is 3.22. The number of rotatable bonds is 1. The van der Waals surface area contributed by atoms with Gasteiger partial charge < -0.3 is 0 Å². The summed E-state index contributed by atoms with van der Waals surface area (Å²) in [6.45, 7) is -3.28. The first-order valence-electron chi connectivity index (χ1n) is 2.92. The summed E-state index contributed by atoms with van der Waals surface area (Å²) in [7, 11) is 0. The van der Waals surface area contributed by atoms with Crippen LogP contribution in [0.25, 0.3) is 0 Å². The third-order valence-corrected chi connectivity index (χ3v) is 1.99. The molecule has 8 heteroatoms. The smallest absolute Gasteiger partial charge is 0.198 e. The molecule has 0 spiro atoms. The van der Waals surface area contributed by atoms with Gasteiger partial charge in [0.2, 0.25) is 0 Å². The standard InChI is InChI=1S/C5H2F5IN2/c6-4(7)13-3(5(8,9)10)2(11)1-12-13/h1,4H. The van der Waals surface area contributed by atoms with Crippen LogP contribution in [-0.4, -0.2) is 9.78 Å². The molecule has 74 valence electrons. The number of hydrogen-bond acceptors (Lipinski definition) is 1. The molecule has 0 N–H and O–H groups in total. The molecule has 0 saturated carbocycles. The van der Waals surface area contributed by atoms with Gasteiger partial charge in [-0.3, -0.25) is 0 Å². The molecule has 0 atom stereocenters. The molecule has 1 aromatic heterocycles. The van der Waals surface area contributed by atoms with Gasteiger partial charge in [0.05, 0.1) is 9.77 Å². The van der Waals surface area contributed by atoms with Crippen LogP contribution in [0.3, 0.4) is 0 Å². The fourth-order valence-corrected chi connectivity index (χ4v) is 1.43. The Labute approximate surface area is 82.9 Å². The highest BCUT2D eigenvalue weighted by molar-refractivity contribution is 14.1. The quantitative estimate of drug-likeness (QED) is 0.576. The molecule has 0 aliphatic carbocycles. The van der Waals surface area contributed by atoms with E-state index in [-0.39, 0.29) is 8.25 Å². The van der Waals surface area contributed by atoms with Crippen molar-refractivity contribution in [2.24, 2.45) is 0 Å². The zero-order chi connectivity index (χ0) is 10.2. The maximum absolute atomic E-state index is 12.1. The number of hydrogen-bond donors (Lipinski definition) is 0. The Kier molecular flexibility index (Phi) is 2.78. The molecule has 0 saturated heterocycles. The van der Waals surface area contributed by atoms with E-state index in [0.29, 0.717) is 0 Å². The van der Waals surface area contributed by atoms with E-state index in [1.165, 1.54) is 22.6 Å². The van der Waals surface area contributed by atoms with E-state index in [1.54, 1.807) is 0 Å². The van der Waals surface area contributed by atoms with E-state index in [9.17, 15) is 22.0 Å². The first kappa shape index (κ1) is 10.7. The summed E-state index contributed by atoms with van der Waals surface area (Å²) in [4.78, 5) is 0. The van der Waals surface area contributed by atoms with Crippen LogP contribution in [0.15, 0.2) is 6.20 Å². The molecule has 0 aliphatic rings.